The molecule has 0 aliphatic carbocycles. The van der Waals surface area contributed by atoms with Crippen LogP contribution in [0.5, 0.6) is 0 Å². The standard InChI is InChI=1S/C16H11Cl2F2N5OS/c17-8-1-3-10(11(18)5-8)15-23-24-16(25(15)21)27-7-14(26)22-9-2-4-12(19)13(20)6-9/h1-6H,7,21H2,(H,22,26). The van der Waals surface area contributed by atoms with Crippen LogP contribution in [0.3, 0.4) is 0 Å². The Labute approximate surface area is 166 Å². The molecule has 0 spiro atoms. The minimum absolute atomic E-state index is 0.0668. The maximum Gasteiger partial charge on any atom is 0.234 e. The van der Waals surface area contributed by atoms with E-state index in [0.29, 0.717) is 21.4 Å². The number of carbonyl (C=O) groups is 1. The number of benzene rings is 2. The number of rotatable bonds is 5. The zero-order chi connectivity index (χ0) is 19.6. The van der Waals surface area contributed by atoms with Gasteiger partial charge < -0.3 is 11.2 Å². The topological polar surface area (TPSA) is 85.8 Å². The summed E-state index contributed by atoms with van der Waals surface area (Å²) in [5, 5.41) is 11.5. The molecule has 6 nitrogen and oxygen atoms in total. The van der Waals surface area contributed by atoms with E-state index in [-0.39, 0.29) is 16.6 Å². The Morgan fingerprint density at radius 1 is 1.15 bits per heavy atom. The van der Waals surface area contributed by atoms with Gasteiger partial charge in [0, 0.05) is 22.3 Å². The summed E-state index contributed by atoms with van der Waals surface area (Å²) in [6.07, 6.45) is 0. The van der Waals surface area contributed by atoms with E-state index in [9.17, 15) is 13.6 Å². The fourth-order valence-corrected chi connectivity index (χ4v) is 3.28. The summed E-state index contributed by atoms with van der Waals surface area (Å²) in [6, 6.07) is 7.92. The van der Waals surface area contributed by atoms with Crippen molar-refractivity contribution in [2.45, 2.75) is 5.16 Å². The number of hydrogen-bond donors (Lipinski definition) is 2. The summed E-state index contributed by atoms with van der Waals surface area (Å²) >= 11 is 13.0. The number of nitrogens with two attached hydrogens (primary N) is 1. The number of thioether (sulfide) groups is 1. The van der Waals surface area contributed by atoms with Crippen LogP contribution in [-0.4, -0.2) is 26.5 Å². The number of hydrogen-bond acceptors (Lipinski definition) is 5. The van der Waals surface area contributed by atoms with Crippen LogP contribution in [-0.2, 0) is 4.79 Å². The molecule has 0 atom stereocenters. The minimum Gasteiger partial charge on any atom is -0.335 e. The number of nitrogens with zero attached hydrogens (tertiary/aromatic N) is 3. The number of aromatic nitrogens is 3. The van der Waals surface area contributed by atoms with E-state index in [1.165, 1.54) is 10.7 Å². The quantitative estimate of drug-likeness (QED) is 0.473. The summed E-state index contributed by atoms with van der Waals surface area (Å²) in [6.45, 7) is 0. The van der Waals surface area contributed by atoms with Gasteiger partial charge in [0.2, 0.25) is 11.1 Å². The van der Waals surface area contributed by atoms with Gasteiger partial charge in [-0.3, -0.25) is 4.79 Å². The molecule has 1 heterocycles. The summed E-state index contributed by atoms with van der Waals surface area (Å²) < 4.78 is 27.3. The Morgan fingerprint density at radius 2 is 1.93 bits per heavy atom. The Bertz CT molecular complexity index is 1010. The lowest BCUT2D eigenvalue weighted by Gasteiger charge is -2.07. The number of anilines is 1. The van der Waals surface area contributed by atoms with Gasteiger partial charge in [-0.2, -0.15) is 0 Å². The van der Waals surface area contributed by atoms with E-state index < -0.39 is 17.5 Å². The Balaban J connectivity index is 1.67. The highest BCUT2D eigenvalue weighted by atomic mass is 35.5. The molecule has 3 aromatic rings. The first-order chi connectivity index (χ1) is 12.8. The van der Waals surface area contributed by atoms with Gasteiger partial charge in [-0.05, 0) is 30.3 Å². The lowest BCUT2D eigenvalue weighted by Crippen LogP contribution is -2.16. The second-order valence-electron chi connectivity index (χ2n) is 5.27. The minimum atomic E-state index is -1.05. The van der Waals surface area contributed by atoms with Gasteiger partial charge in [0.1, 0.15) is 0 Å². The highest BCUT2D eigenvalue weighted by Gasteiger charge is 2.16. The van der Waals surface area contributed by atoms with Gasteiger partial charge >= 0.3 is 0 Å². The predicted octanol–water partition coefficient (Wildman–Crippen LogP) is 3.97. The average molecular weight is 430 g/mol. The van der Waals surface area contributed by atoms with Gasteiger partial charge in [0.15, 0.2) is 17.5 Å². The van der Waals surface area contributed by atoms with Crippen molar-refractivity contribution in [2.24, 2.45) is 0 Å². The molecule has 3 N–H and O–H groups in total. The van der Waals surface area contributed by atoms with E-state index in [2.05, 4.69) is 15.5 Å². The zero-order valence-corrected chi connectivity index (χ0v) is 15.7. The normalized spacial score (nSPS) is 10.8. The van der Waals surface area contributed by atoms with Crippen molar-refractivity contribution in [1.29, 1.82) is 0 Å². The van der Waals surface area contributed by atoms with Crippen LogP contribution in [0.1, 0.15) is 0 Å². The van der Waals surface area contributed by atoms with E-state index in [1.807, 2.05) is 0 Å². The molecule has 0 fully saturated rings. The van der Waals surface area contributed by atoms with Crippen LogP contribution in [0, 0.1) is 11.6 Å². The monoisotopic (exact) mass is 429 g/mol. The SMILES string of the molecule is Nn1c(SCC(=O)Nc2ccc(F)c(F)c2)nnc1-c1ccc(Cl)cc1Cl. The average Bonchev–Trinajstić information content (AvgIpc) is 2.97. The molecule has 140 valence electrons. The summed E-state index contributed by atoms with van der Waals surface area (Å²) in [5.41, 5.74) is 0.677. The predicted molar refractivity (Wildman–Crippen MR) is 101 cm³/mol. The maximum atomic E-state index is 13.2. The van der Waals surface area contributed by atoms with Crippen molar-refractivity contribution in [3.05, 3.63) is 58.1 Å². The number of nitrogen functional groups attached to an aromatic ring is 1. The van der Waals surface area contributed by atoms with Crippen molar-refractivity contribution < 1.29 is 13.6 Å². The summed E-state index contributed by atoms with van der Waals surface area (Å²) in [7, 11) is 0. The van der Waals surface area contributed by atoms with Crippen molar-refractivity contribution in [2.75, 3.05) is 16.9 Å². The van der Waals surface area contributed by atoms with Crippen LogP contribution in [0.25, 0.3) is 11.4 Å². The van der Waals surface area contributed by atoms with Gasteiger partial charge in [0.05, 0.1) is 10.8 Å². The fraction of sp³-hybridized carbons (Fsp3) is 0.0625. The van der Waals surface area contributed by atoms with Crippen LogP contribution in [0.2, 0.25) is 10.0 Å². The lowest BCUT2D eigenvalue weighted by atomic mass is 10.2. The van der Waals surface area contributed by atoms with Crippen molar-refractivity contribution in [1.82, 2.24) is 14.9 Å². The highest BCUT2D eigenvalue weighted by molar-refractivity contribution is 7.99. The summed E-state index contributed by atoms with van der Waals surface area (Å²) in [5.74, 6) is 3.73. The second-order valence-corrected chi connectivity index (χ2v) is 7.05. The molecule has 1 aromatic heterocycles. The second kappa shape index (κ2) is 8.12. The molecular formula is C16H11Cl2F2N5OS. The number of amides is 1. The molecule has 0 saturated carbocycles. The third-order valence-electron chi connectivity index (χ3n) is 3.37. The number of nitrogens with one attached hydrogen (secondary N) is 1. The third-order valence-corrected chi connectivity index (χ3v) is 4.86. The van der Waals surface area contributed by atoms with E-state index in [1.54, 1.807) is 18.2 Å². The van der Waals surface area contributed by atoms with E-state index >= 15 is 0 Å². The van der Waals surface area contributed by atoms with Crippen molar-refractivity contribution in [3.8, 4) is 11.4 Å². The van der Waals surface area contributed by atoms with Crippen LogP contribution < -0.4 is 11.2 Å². The van der Waals surface area contributed by atoms with Gasteiger partial charge in [0.25, 0.3) is 0 Å². The molecular weight excluding hydrogens is 419 g/mol. The molecule has 0 radical (unpaired) electrons. The first-order valence-corrected chi connectivity index (χ1v) is 9.13. The van der Waals surface area contributed by atoms with Crippen LogP contribution in [0.4, 0.5) is 14.5 Å². The third kappa shape index (κ3) is 4.49. The molecule has 11 heteroatoms. The number of halogens is 4. The summed E-state index contributed by atoms with van der Waals surface area (Å²) in [4.78, 5) is 12.0. The Hall–Kier alpha value is -2.36. The fourth-order valence-electron chi connectivity index (χ4n) is 2.13. The molecule has 0 aliphatic rings. The lowest BCUT2D eigenvalue weighted by molar-refractivity contribution is -0.113. The van der Waals surface area contributed by atoms with Gasteiger partial charge in [-0.15, -0.1) is 10.2 Å². The largest absolute Gasteiger partial charge is 0.335 e. The molecule has 0 saturated heterocycles. The first-order valence-electron chi connectivity index (χ1n) is 7.39. The molecule has 0 bridgehead atoms. The van der Waals surface area contributed by atoms with E-state index in [4.69, 9.17) is 29.0 Å². The molecule has 0 aliphatic heterocycles. The van der Waals surface area contributed by atoms with Gasteiger partial charge in [-0.25, -0.2) is 13.5 Å². The van der Waals surface area contributed by atoms with Gasteiger partial charge in [-0.1, -0.05) is 35.0 Å². The maximum absolute atomic E-state index is 13.2. The molecule has 3 rings (SSSR count). The van der Waals surface area contributed by atoms with Crippen molar-refractivity contribution in [3.63, 3.8) is 0 Å². The first kappa shape index (κ1) is 19.4. The molecule has 1 amide bonds. The zero-order valence-electron chi connectivity index (χ0n) is 13.4. The number of carbonyl (C=O) groups excluding carboxylic acids is 1. The van der Waals surface area contributed by atoms with Crippen molar-refractivity contribution >= 4 is 46.6 Å². The highest BCUT2D eigenvalue weighted by Crippen LogP contribution is 2.30. The molecule has 27 heavy (non-hydrogen) atoms. The molecule has 0 unspecified atom stereocenters. The van der Waals surface area contributed by atoms with Crippen LogP contribution in [0.15, 0.2) is 41.6 Å². The smallest absolute Gasteiger partial charge is 0.234 e. The van der Waals surface area contributed by atoms with Crippen LogP contribution >= 0.6 is 35.0 Å². The molecule has 2 aromatic carbocycles. The Kier molecular flexibility index (Phi) is 5.83. The van der Waals surface area contributed by atoms with E-state index in [0.717, 1.165) is 23.9 Å². The Morgan fingerprint density at radius 3 is 2.63 bits per heavy atom.